The Morgan fingerprint density at radius 3 is 2.60 bits per heavy atom. The predicted molar refractivity (Wildman–Crippen MR) is 82.7 cm³/mol. The van der Waals surface area contributed by atoms with Crippen LogP contribution in [0.5, 0.6) is 0 Å². The molecule has 0 bridgehead atoms. The Kier molecular flexibility index (Phi) is 4.58. The SMILES string of the molecule is CC.CC1(C)CCc2c(cnn2Cc2ccncc2)C1. The lowest BCUT2D eigenvalue weighted by Crippen LogP contribution is -2.23. The zero-order chi connectivity index (χ0) is 14.6. The monoisotopic (exact) mass is 271 g/mol. The van der Waals surface area contributed by atoms with Gasteiger partial charge < -0.3 is 0 Å². The van der Waals surface area contributed by atoms with Crippen molar-refractivity contribution in [1.29, 1.82) is 0 Å². The molecular formula is C17H25N3. The van der Waals surface area contributed by atoms with Gasteiger partial charge in [0.1, 0.15) is 0 Å². The lowest BCUT2D eigenvalue weighted by atomic mass is 9.77. The van der Waals surface area contributed by atoms with Crippen molar-refractivity contribution in [1.82, 2.24) is 14.8 Å². The summed E-state index contributed by atoms with van der Waals surface area (Å²) in [6, 6.07) is 4.11. The largest absolute Gasteiger partial charge is 0.265 e. The fourth-order valence-electron chi connectivity index (χ4n) is 2.74. The quantitative estimate of drug-likeness (QED) is 0.830. The molecule has 108 valence electrons. The number of pyridine rings is 1. The molecule has 0 N–H and O–H groups in total. The number of aromatic nitrogens is 3. The summed E-state index contributed by atoms with van der Waals surface area (Å²) in [7, 11) is 0. The van der Waals surface area contributed by atoms with E-state index in [1.54, 1.807) is 0 Å². The minimum absolute atomic E-state index is 0.428. The summed E-state index contributed by atoms with van der Waals surface area (Å²) in [5.74, 6) is 0. The van der Waals surface area contributed by atoms with Crippen LogP contribution >= 0.6 is 0 Å². The first-order chi connectivity index (χ1) is 9.64. The molecule has 0 amide bonds. The van der Waals surface area contributed by atoms with Gasteiger partial charge in [0.15, 0.2) is 0 Å². The van der Waals surface area contributed by atoms with Crippen LogP contribution in [0.2, 0.25) is 0 Å². The minimum Gasteiger partial charge on any atom is -0.265 e. The molecule has 2 aromatic heterocycles. The van der Waals surface area contributed by atoms with E-state index in [-0.39, 0.29) is 0 Å². The number of hydrogen-bond donors (Lipinski definition) is 0. The van der Waals surface area contributed by atoms with E-state index in [2.05, 4.69) is 46.9 Å². The molecule has 0 spiro atoms. The number of hydrogen-bond acceptors (Lipinski definition) is 2. The lowest BCUT2D eigenvalue weighted by molar-refractivity contribution is 0.310. The van der Waals surface area contributed by atoms with Crippen LogP contribution in [-0.4, -0.2) is 14.8 Å². The summed E-state index contributed by atoms with van der Waals surface area (Å²) >= 11 is 0. The molecule has 0 aromatic carbocycles. The maximum atomic E-state index is 4.55. The van der Waals surface area contributed by atoms with Crippen LogP contribution in [-0.2, 0) is 19.4 Å². The molecule has 20 heavy (non-hydrogen) atoms. The number of fused-ring (bicyclic) bond motifs is 1. The minimum atomic E-state index is 0.428. The zero-order valence-corrected chi connectivity index (χ0v) is 13.1. The van der Waals surface area contributed by atoms with Gasteiger partial charge >= 0.3 is 0 Å². The van der Waals surface area contributed by atoms with E-state index < -0.39 is 0 Å². The van der Waals surface area contributed by atoms with Gasteiger partial charge in [-0.2, -0.15) is 5.10 Å². The van der Waals surface area contributed by atoms with Gasteiger partial charge in [0, 0.05) is 18.1 Å². The second kappa shape index (κ2) is 6.21. The molecule has 3 heteroatoms. The van der Waals surface area contributed by atoms with Crippen molar-refractivity contribution >= 4 is 0 Å². The molecule has 0 atom stereocenters. The highest BCUT2D eigenvalue weighted by Crippen LogP contribution is 2.34. The van der Waals surface area contributed by atoms with E-state index >= 15 is 0 Å². The number of nitrogens with zero attached hydrogens (tertiary/aromatic N) is 3. The summed E-state index contributed by atoms with van der Waals surface area (Å²) in [6.07, 6.45) is 9.29. The molecule has 0 saturated heterocycles. The summed E-state index contributed by atoms with van der Waals surface area (Å²) in [6.45, 7) is 9.55. The van der Waals surface area contributed by atoms with Gasteiger partial charge in [-0.3, -0.25) is 9.67 Å². The molecule has 0 saturated carbocycles. The topological polar surface area (TPSA) is 30.7 Å². The highest BCUT2D eigenvalue weighted by Gasteiger charge is 2.27. The molecule has 0 fully saturated rings. The number of rotatable bonds is 2. The Bertz CT molecular complexity index is 541. The molecule has 1 aliphatic rings. The van der Waals surface area contributed by atoms with Gasteiger partial charge in [-0.1, -0.05) is 27.7 Å². The maximum Gasteiger partial charge on any atom is 0.0663 e. The van der Waals surface area contributed by atoms with Gasteiger partial charge in [-0.05, 0) is 47.9 Å². The first-order valence-corrected chi connectivity index (χ1v) is 7.56. The summed E-state index contributed by atoms with van der Waals surface area (Å²) in [4.78, 5) is 4.05. The van der Waals surface area contributed by atoms with Crippen LogP contribution in [0.15, 0.2) is 30.7 Å². The third-order valence-corrected chi connectivity index (χ3v) is 3.82. The Hall–Kier alpha value is -1.64. The smallest absolute Gasteiger partial charge is 0.0663 e. The first-order valence-electron chi connectivity index (χ1n) is 7.56. The van der Waals surface area contributed by atoms with Crippen molar-refractivity contribution in [3.05, 3.63) is 47.5 Å². The Labute approximate surface area is 122 Å². The molecule has 2 aromatic rings. The fourth-order valence-corrected chi connectivity index (χ4v) is 2.74. The summed E-state index contributed by atoms with van der Waals surface area (Å²) in [5, 5.41) is 4.55. The van der Waals surface area contributed by atoms with Gasteiger partial charge in [0.05, 0.1) is 12.7 Å². The van der Waals surface area contributed by atoms with E-state index in [0.717, 1.165) is 19.4 Å². The van der Waals surface area contributed by atoms with Crippen molar-refractivity contribution in [2.24, 2.45) is 5.41 Å². The van der Waals surface area contributed by atoms with Crippen molar-refractivity contribution in [2.75, 3.05) is 0 Å². The molecule has 3 rings (SSSR count). The van der Waals surface area contributed by atoms with Crippen molar-refractivity contribution in [3.8, 4) is 0 Å². The van der Waals surface area contributed by atoms with Gasteiger partial charge in [0.2, 0.25) is 0 Å². The van der Waals surface area contributed by atoms with Crippen LogP contribution in [0.1, 0.15) is 50.9 Å². The Balaban J connectivity index is 0.000000704. The third kappa shape index (κ3) is 3.27. The predicted octanol–water partition coefficient (Wildman–Crippen LogP) is 3.87. The second-order valence-corrected chi connectivity index (χ2v) is 5.97. The van der Waals surface area contributed by atoms with Gasteiger partial charge in [-0.15, -0.1) is 0 Å². The van der Waals surface area contributed by atoms with Gasteiger partial charge in [0.25, 0.3) is 0 Å². The summed E-state index contributed by atoms with van der Waals surface area (Å²) < 4.78 is 2.15. The van der Waals surface area contributed by atoms with Crippen LogP contribution in [0, 0.1) is 5.41 Å². The molecule has 0 aliphatic heterocycles. The first kappa shape index (κ1) is 14.8. The van der Waals surface area contributed by atoms with Crippen LogP contribution in [0.4, 0.5) is 0 Å². The average Bonchev–Trinajstić information content (AvgIpc) is 2.83. The lowest BCUT2D eigenvalue weighted by Gasteiger charge is -2.29. The Morgan fingerprint density at radius 1 is 1.20 bits per heavy atom. The van der Waals surface area contributed by atoms with Crippen molar-refractivity contribution in [3.63, 3.8) is 0 Å². The molecule has 3 nitrogen and oxygen atoms in total. The maximum absolute atomic E-state index is 4.55. The second-order valence-electron chi connectivity index (χ2n) is 5.97. The van der Waals surface area contributed by atoms with E-state index in [9.17, 15) is 0 Å². The van der Waals surface area contributed by atoms with E-state index in [1.807, 2.05) is 26.2 Å². The van der Waals surface area contributed by atoms with Crippen molar-refractivity contribution < 1.29 is 0 Å². The molecule has 0 unspecified atom stereocenters. The van der Waals surface area contributed by atoms with E-state index in [4.69, 9.17) is 0 Å². The third-order valence-electron chi connectivity index (χ3n) is 3.82. The fraction of sp³-hybridized carbons (Fsp3) is 0.529. The van der Waals surface area contributed by atoms with Crippen LogP contribution in [0.25, 0.3) is 0 Å². The van der Waals surface area contributed by atoms with Crippen LogP contribution < -0.4 is 0 Å². The van der Waals surface area contributed by atoms with Crippen molar-refractivity contribution in [2.45, 2.75) is 53.5 Å². The molecular weight excluding hydrogens is 246 g/mol. The normalized spacial score (nSPS) is 16.0. The van der Waals surface area contributed by atoms with Gasteiger partial charge in [-0.25, -0.2) is 0 Å². The highest BCUT2D eigenvalue weighted by atomic mass is 15.3. The molecule has 1 aliphatic carbocycles. The Morgan fingerprint density at radius 2 is 1.90 bits per heavy atom. The average molecular weight is 271 g/mol. The summed E-state index contributed by atoms with van der Waals surface area (Å²) in [5.41, 5.74) is 4.55. The van der Waals surface area contributed by atoms with E-state index in [1.165, 1.54) is 23.2 Å². The standard InChI is InChI=1S/C15H19N3.C2H6/c1-15(2)6-3-14-13(9-15)10-17-18(14)11-12-4-7-16-8-5-12;1-2/h4-5,7-8,10H,3,6,9,11H2,1-2H3;1-2H3. The molecule has 2 heterocycles. The zero-order valence-electron chi connectivity index (χ0n) is 13.1. The highest BCUT2D eigenvalue weighted by molar-refractivity contribution is 5.24. The van der Waals surface area contributed by atoms with Crippen LogP contribution in [0.3, 0.4) is 0 Å². The van der Waals surface area contributed by atoms with E-state index in [0.29, 0.717) is 5.41 Å². The molecule has 0 radical (unpaired) electrons.